The normalized spacial score (nSPS) is 9.90. The number of nitrogens with two attached hydrogens (primary N) is 1. The van der Waals surface area contributed by atoms with Crippen molar-refractivity contribution >= 4 is 17.3 Å². The molecule has 5 nitrogen and oxygen atoms in total. The van der Waals surface area contributed by atoms with E-state index in [0.717, 1.165) is 0 Å². The average Bonchev–Trinajstić information content (AvgIpc) is 2.47. The first-order valence-electron chi connectivity index (χ1n) is 6.03. The minimum absolute atomic E-state index is 0.239. The van der Waals surface area contributed by atoms with Crippen molar-refractivity contribution in [1.82, 2.24) is 0 Å². The van der Waals surface area contributed by atoms with Gasteiger partial charge < -0.3 is 20.5 Å². The molecule has 2 rings (SSSR count). The van der Waals surface area contributed by atoms with Gasteiger partial charge in [-0.3, -0.25) is 4.79 Å². The highest BCUT2D eigenvalue weighted by Crippen LogP contribution is 2.23. The molecule has 0 saturated heterocycles. The lowest BCUT2D eigenvalue weighted by Crippen LogP contribution is -2.12. The average molecular weight is 272 g/mol. The third-order valence-electron chi connectivity index (χ3n) is 2.82. The molecule has 5 heteroatoms. The number of methoxy groups -OCH3 is 2. The zero-order chi connectivity index (χ0) is 14.5. The molecule has 0 aromatic heterocycles. The lowest BCUT2D eigenvalue weighted by Gasteiger charge is -2.09. The molecule has 2 aromatic carbocycles. The van der Waals surface area contributed by atoms with Crippen molar-refractivity contribution in [1.29, 1.82) is 0 Å². The summed E-state index contributed by atoms with van der Waals surface area (Å²) in [4.78, 5) is 12.1. The highest BCUT2D eigenvalue weighted by atomic mass is 16.5. The third kappa shape index (κ3) is 3.00. The van der Waals surface area contributed by atoms with Crippen molar-refractivity contribution in [3.05, 3.63) is 48.0 Å². The van der Waals surface area contributed by atoms with Crippen molar-refractivity contribution < 1.29 is 14.3 Å². The molecule has 0 heterocycles. The molecule has 0 aliphatic heterocycles. The Morgan fingerprint density at radius 3 is 2.60 bits per heavy atom. The highest BCUT2D eigenvalue weighted by molar-refractivity contribution is 6.04. The summed E-state index contributed by atoms with van der Waals surface area (Å²) in [5.41, 5.74) is 7.34. The maximum Gasteiger partial charge on any atom is 0.255 e. The van der Waals surface area contributed by atoms with E-state index in [9.17, 15) is 4.79 Å². The third-order valence-corrected chi connectivity index (χ3v) is 2.82. The van der Waals surface area contributed by atoms with Crippen molar-refractivity contribution in [3.63, 3.8) is 0 Å². The second-order valence-electron chi connectivity index (χ2n) is 4.14. The van der Waals surface area contributed by atoms with Crippen LogP contribution in [0.3, 0.4) is 0 Å². The van der Waals surface area contributed by atoms with Gasteiger partial charge >= 0.3 is 0 Å². The molecule has 0 atom stereocenters. The van der Waals surface area contributed by atoms with E-state index in [1.807, 2.05) is 6.07 Å². The maximum atomic E-state index is 12.1. The summed E-state index contributed by atoms with van der Waals surface area (Å²) < 4.78 is 10.2. The van der Waals surface area contributed by atoms with Gasteiger partial charge in [-0.1, -0.05) is 6.07 Å². The Morgan fingerprint density at radius 2 is 1.90 bits per heavy atom. The topological polar surface area (TPSA) is 73.6 Å². The molecule has 1 amide bonds. The van der Waals surface area contributed by atoms with Crippen LogP contribution >= 0.6 is 0 Å². The first-order valence-corrected chi connectivity index (χ1v) is 6.03. The van der Waals surface area contributed by atoms with Crippen LogP contribution in [-0.2, 0) is 0 Å². The number of benzene rings is 2. The Bertz CT molecular complexity index is 626. The summed E-state index contributed by atoms with van der Waals surface area (Å²) in [7, 11) is 3.08. The quantitative estimate of drug-likeness (QED) is 0.839. The summed E-state index contributed by atoms with van der Waals surface area (Å²) in [6.45, 7) is 0. The van der Waals surface area contributed by atoms with Crippen LogP contribution in [0, 0.1) is 0 Å². The smallest absolute Gasteiger partial charge is 0.255 e. The van der Waals surface area contributed by atoms with E-state index in [1.165, 1.54) is 7.11 Å². The first kappa shape index (κ1) is 13.7. The van der Waals surface area contributed by atoms with E-state index in [4.69, 9.17) is 15.2 Å². The van der Waals surface area contributed by atoms with Gasteiger partial charge in [0, 0.05) is 17.3 Å². The van der Waals surface area contributed by atoms with Crippen LogP contribution in [0.2, 0.25) is 0 Å². The van der Waals surface area contributed by atoms with Crippen LogP contribution in [0.15, 0.2) is 42.5 Å². The fourth-order valence-corrected chi connectivity index (χ4v) is 1.76. The van der Waals surface area contributed by atoms with Crippen molar-refractivity contribution in [3.8, 4) is 11.5 Å². The van der Waals surface area contributed by atoms with Gasteiger partial charge in [0.1, 0.15) is 11.5 Å². The first-order chi connectivity index (χ1) is 9.63. The fraction of sp³-hybridized carbons (Fsp3) is 0.133. The number of hydrogen-bond acceptors (Lipinski definition) is 4. The molecule has 0 saturated carbocycles. The van der Waals surface area contributed by atoms with E-state index in [-0.39, 0.29) is 5.91 Å². The molecule has 0 aliphatic carbocycles. The Kier molecular flexibility index (Phi) is 4.10. The molecule has 0 aliphatic rings. The number of nitrogens with one attached hydrogen (secondary N) is 1. The van der Waals surface area contributed by atoms with Crippen molar-refractivity contribution in [2.45, 2.75) is 0 Å². The summed E-state index contributed by atoms with van der Waals surface area (Å²) in [6.07, 6.45) is 0. The minimum atomic E-state index is -0.239. The molecule has 2 aromatic rings. The molecule has 20 heavy (non-hydrogen) atoms. The van der Waals surface area contributed by atoms with Crippen LogP contribution in [-0.4, -0.2) is 20.1 Å². The van der Waals surface area contributed by atoms with Gasteiger partial charge in [0.2, 0.25) is 0 Å². The number of amides is 1. The van der Waals surface area contributed by atoms with E-state index < -0.39 is 0 Å². The largest absolute Gasteiger partial charge is 0.497 e. The lowest BCUT2D eigenvalue weighted by molar-refractivity contribution is 0.102. The van der Waals surface area contributed by atoms with Crippen LogP contribution in [0.1, 0.15) is 10.4 Å². The van der Waals surface area contributed by atoms with Gasteiger partial charge in [0.25, 0.3) is 5.91 Å². The number of carbonyl (C=O) groups is 1. The zero-order valence-electron chi connectivity index (χ0n) is 11.3. The second-order valence-corrected chi connectivity index (χ2v) is 4.14. The van der Waals surface area contributed by atoms with E-state index in [0.29, 0.717) is 28.4 Å². The summed E-state index contributed by atoms with van der Waals surface area (Å²) >= 11 is 0. The van der Waals surface area contributed by atoms with Crippen LogP contribution in [0.25, 0.3) is 0 Å². The summed E-state index contributed by atoms with van der Waals surface area (Å²) in [5, 5.41) is 2.79. The molecule has 0 fully saturated rings. The number of nitrogen functional groups attached to an aromatic ring is 1. The zero-order valence-corrected chi connectivity index (χ0v) is 11.3. The van der Waals surface area contributed by atoms with Gasteiger partial charge in [-0.2, -0.15) is 0 Å². The van der Waals surface area contributed by atoms with Gasteiger partial charge in [-0.05, 0) is 30.3 Å². The number of hydrogen-bond donors (Lipinski definition) is 2. The van der Waals surface area contributed by atoms with Crippen LogP contribution < -0.4 is 20.5 Å². The van der Waals surface area contributed by atoms with Crippen LogP contribution in [0.5, 0.6) is 11.5 Å². The minimum Gasteiger partial charge on any atom is -0.497 e. The maximum absolute atomic E-state index is 12.1. The standard InChI is InChI=1S/C15H16N2O3/c1-19-12-5-3-4-11(9-12)17-15(18)10-6-7-13(16)14(8-10)20-2/h3-9H,16H2,1-2H3,(H,17,18). The SMILES string of the molecule is COc1cccc(NC(=O)c2ccc(N)c(OC)c2)c1. The number of ether oxygens (including phenoxy) is 2. The molecule has 0 unspecified atom stereocenters. The number of anilines is 2. The highest BCUT2D eigenvalue weighted by Gasteiger charge is 2.09. The fourth-order valence-electron chi connectivity index (χ4n) is 1.76. The molecule has 0 bridgehead atoms. The molecule has 104 valence electrons. The molecule has 0 radical (unpaired) electrons. The van der Waals surface area contributed by atoms with Crippen LogP contribution in [0.4, 0.5) is 11.4 Å². The van der Waals surface area contributed by atoms with Gasteiger partial charge in [-0.25, -0.2) is 0 Å². The monoisotopic (exact) mass is 272 g/mol. The Hall–Kier alpha value is -2.69. The number of rotatable bonds is 4. The Morgan fingerprint density at radius 1 is 1.10 bits per heavy atom. The molecule has 3 N–H and O–H groups in total. The number of carbonyl (C=O) groups excluding carboxylic acids is 1. The predicted octanol–water partition coefficient (Wildman–Crippen LogP) is 2.54. The Balaban J connectivity index is 2.19. The van der Waals surface area contributed by atoms with Crippen molar-refractivity contribution in [2.24, 2.45) is 0 Å². The predicted molar refractivity (Wildman–Crippen MR) is 78.4 cm³/mol. The molecular weight excluding hydrogens is 256 g/mol. The lowest BCUT2D eigenvalue weighted by atomic mass is 10.1. The van der Waals surface area contributed by atoms with Crippen molar-refractivity contribution in [2.75, 3.05) is 25.3 Å². The summed E-state index contributed by atoms with van der Waals surface area (Å²) in [5.74, 6) is 0.914. The van der Waals surface area contributed by atoms with Gasteiger partial charge in [0.15, 0.2) is 0 Å². The van der Waals surface area contributed by atoms with Gasteiger partial charge in [0.05, 0.1) is 19.9 Å². The Labute approximate surface area is 117 Å². The van der Waals surface area contributed by atoms with E-state index in [1.54, 1.807) is 43.5 Å². The summed E-state index contributed by atoms with van der Waals surface area (Å²) in [6, 6.07) is 12.0. The van der Waals surface area contributed by atoms with Gasteiger partial charge in [-0.15, -0.1) is 0 Å². The molecule has 0 spiro atoms. The molecular formula is C15H16N2O3. The van der Waals surface area contributed by atoms with E-state index in [2.05, 4.69) is 5.32 Å². The van der Waals surface area contributed by atoms with E-state index >= 15 is 0 Å². The second kappa shape index (κ2) is 5.97.